The van der Waals surface area contributed by atoms with E-state index < -0.39 is 6.16 Å². The van der Waals surface area contributed by atoms with Crippen LogP contribution >= 0.6 is 0 Å². The van der Waals surface area contributed by atoms with Crippen molar-refractivity contribution in [3.8, 4) is 0 Å². The molecule has 6 heavy (non-hydrogen) atoms. The Bertz CT molecular complexity index is 35.9. The third kappa shape index (κ3) is 626. The van der Waals surface area contributed by atoms with Gasteiger partial charge in [0.2, 0.25) is 0 Å². The Kier molecular flexibility index (Phi) is 24.4. The summed E-state index contributed by atoms with van der Waals surface area (Å²) in [7, 11) is 0. The molecule has 3 nitrogen and oxygen atoms in total. The van der Waals surface area contributed by atoms with Crippen LogP contribution < -0.4 is 29.6 Å². The summed E-state index contributed by atoms with van der Waals surface area (Å²) in [5.74, 6) is 0. The third-order valence-electron chi connectivity index (χ3n) is 0. The number of carboxylic acid groups (broad SMARTS) is 2. The second-order valence-corrected chi connectivity index (χ2v) is 0.283. The van der Waals surface area contributed by atoms with E-state index in [4.69, 9.17) is 15.0 Å². The first-order valence-electron chi connectivity index (χ1n) is 0.651. The van der Waals surface area contributed by atoms with Gasteiger partial charge in [-0.1, -0.05) is 7.43 Å². The van der Waals surface area contributed by atoms with Gasteiger partial charge in [-0.05, 0) is 0 Å². The van der Waals surface area contributed by atoms with Gasteiger partial charge in [0.15, 0.2) is 0 Å². The van der Waals surface area contributed by atoms with Crippen molar-refractivity contribution in [3.63, 3.8) is 0 Å². The molecule has 0 aliphatic rings. The summed E-state index contributed by atoms with van der Waals surface area (Å²) < 4.78 is 0. The average molecular weight is 102 g/mol. The minimum atomic E-state index is -1.83. The van der Waals surface area contributed by atoms with Crippen molar-refractivity contribution >= 4 is 6.16 Å². The van der Waals surface area contributed by atoms with Gasteiger partial charge in [0.05, 0.1) is 0 Å². The second-order valence-electron chi connectivity index (χ2n) is 0.283. The fourth-order valence-electron chi connectivity index (χ4n) is 0. The van der Waals surface area contributed by atoms with Crippen LogP contribution in [0, 0.1) is 0 Å². The van der Waals surface area contributed by atoms with Crippen LogP contribution in [0.3, 0.4) is 0 Å². The number of hydrogen-bond acceptors (Lipinski definition) is 1. The summed E-state index contributed by atoms with van der Waals surface area (Å²) >= 11 is 0. The van der Waals surface area contributed by atoms with Gasteiger partial charge in [0.25, 0.3) is 0 Å². The molecular weight excluding hydrogens is 95.0 g/mol. The van der Waals surface area contributed by atoms with E-state index in [0.29, 0.717) is 0 Å². The van der Waals surface area contributed by atoms with Gasteiger partial charge in [0.1, 0.15) is 0 Å². The van der Waals surface area contributed by atoms with E-state index in [1.54, 1.807) is 0 Å². The van der Waals surface area contributed by atoms with Crippen LogP contribution in [0.15, 0.2) is 0 Å². The van der Waals surface area contributed by atoms with Gasteiger partial charge in [-0.2, -0.15) is 0 Å². The van der Waals surface area contributed by atoms with Gasteiger partial charge >= 0.3 is 35.7 Å². The SMILES string of the molecule is C.O=C(O)O.[H-].[Na+]. The van der Waals surface area contributed by atoms with Gasteiger partial charge in [-0.15, -0.1) is 0 Å². The second kappa shape index (κ2) is 8.99. The topological polar surface area (TPSA) is 57.5 Å². The molecule has 0 saturated heterocycles. The van der Waals surface area contributed by atoms with E-state index in [1.165, 1.54) is 0 Å². The first-order chi connectivity index (χ1) is 1.73. The summed E-state index contributed by atoms with van der Waals surface area (Å²) in [5, 5.41) is 13.9. The van der Waals surface area contributed by atoms with Crippen LogP contribution in [-0.2, 0) is 0 Å². The Morgan fingerprint density at radius 2 is 1.50 bits per heavy atom. The maximum Gasteiger partial charge on any atom is 1.00 e. The molecule has 0 heterocycles. The molecule has 0 aliphatic carbocycles. The molecule has 0 amide bonds. The van der Waals surface area contributed by atoms with E-state index in [-0.39, 0.29) is 38.4 Å². The molecule has 0 radical (unpaired) electrons. The summed E-state index contributed by atoms with van der Waals surface area (Å²) in [6.07, 6.45) is -1.83. The smallest absolute Gasteiger partial charge is 1.00 e. The minimum absolute atomic E-state index is 0. The van der Waals surface area contributed by atoms with Crippen LogP contribution in [0.2, 0.25) is 0 Å². The molecule has 0 rings (SSSR count). The quantitative estimate of drug-likeness (QED) is 0.347. The fourth-order valence-corrected chi connectivity index (χ4v) is 0. The largest absolute Gasteiger partial charge is 1.00 e. The van der Waals surface area contributed by atoms with Crippen molar-refractivity contribution in [3.05, 3.63) is 0 Å². The molecule has 0 fully saturated rings. The fraction of sp³-hybridized carbons (Fsp3) is 0.500. The van der Waals surface area contributed by atoms with Crippen LogP contribution in [0.1, 0.15) is 8.85 Å². The van der Waals surface area contributed by atoms with E-state index in [1.807, 2.05) is 0 Å². The standard InChI is InChI=1S/CH2O3.CH4.Na.H/c2-1(3)4;;;/h(H2,2,3,4);1H4;;/q;;+1;-1. The van der Waals surface area contributed by atoms with Crippen molar-refractivity contribution < 1.29 is 46.0 Å². The molecule has 0 aromatic heterocycles. The van der Waals surface area contributed by atoms with Crippen molar-refractivity contribution in [2.45, 2.75) is 7.43 Å². The maximum absolute atomic E-state index is 8.56. The Labute approximate surface area is 59.8 Å². The maximum atomic E-state index is 8.56. The molecule has 0 atom stereocenters. The summed E-state index contributed by atoms with van der Waals surface area (Å²) in [5.41, 5.74) is 0. The first-order valence-corrected chi connectivity index (χ1v) is 0.651. The molecule has 0 unspecified atom stereocenters. The normalized spacial score (nSPS) is 4.00. The van der Waals surface area contributed by atoms with Gasteiger partial charge < -0.3 is 11.6 Å². The van der Waals surface area contributed by atoms with E-state index in [2.05, 4.69) is 0 Å². The molecule has 4 heteroatoms. The monoisotopic (exact) mass is 102 g/mol. The van der Waals surface area contributed by atoms with Crippen molar-refractivity contribution in [2.75, 3.05) is 0 Å². The van der Waals surface area contributed by atoms with E-state index in [9.17, 15) is 0 Å². The van der Waals surface area contributed by atoms with Crippen molar-refractivity contribution in [1.82, 2.24) is 0 Å². The molecule has 0 aromatic rings. The van der Waals surface area contributed by atoms with E-state index in [0.717, 1.165) is 0 Å². The molecule has 0 aliphatic heterocycles. The third-order valence-corrected chi connectivity index (χ3v) is 0. The predicted molar refractivity (Wildman–Crippen MR) is 18.5 cm³/mol. The van der Waals surface area contributed by atoms with Crippen LogP contribution in [0.4, 0.5) is 4.79 Å². The molecular formula is C2H7NaO3. The summed E-state index contributed by atoms with van der Waals surface area (Å²) in [6, 6.07) is 0. The zero-order chi connectivity index (χ0) is 3.58. The number of hydrogen-bond donors (Lipinski definition) is 2. The van der Waals surface area contributed by atoms with Crippen molar-refractivity contribution in [2.24, 2.45) is 0 Å². The Morgan fingerprint density at radius 3 is 1.50 bits per heavy atom. The zero-order valence-electron chi connectivity index (χ0n) is 3.80. The Balaban J connectivity index is -0.0000000150. The average Bonchev–Trinajstić information content (AvgIpc) is 0.811. The number of carbonyl (C=O) groups is 1. The molecule has 0 aromatic carbocycles. The predicted octanol–water partition coefficient (Wildman–Crippen LogP) is -2.02. The summed E-state index contributed by atoms with van der Waals surface area (Å²) in [4.78, 5) is 8.56. The van der Waals surface area contributed by atoms with E-state index >= 15 is 0 Å². The molecule has 2 N–H and O–H groups in total. The van der Waals surface area contributed by atoms with Gasteiger partial charge in [0, 0.05) is 0 Å². The van der Waals surface area contributed by atoms with Crippen LogP contribution in [0.25, 0.3) is 0 Å². The Morgan fingerprint density at radius 1 is 1.50 bits per heavy atom. The molecule has 34 valence electrons. The van der Waals surface area contributed by atoms with Crippen LogP contribution in [-0.4, -0.2) is 16.4 Å². The molecule has 0 bridgehead atoms. The van der Waals surface area contributed by atoms with Gasteiger partial charge in [-0.3, -0.25) is 0 Å². The van der Waals surface area contributed by atoms with Gasteiger partial charge in [-0.25, -0.2) is 4.79 Å². The van der Waals surface area contributed by atoms with Crippen LogP contribution in [0.5, 0.6) is 0 Å². The minimum Gasteiger partial charge on any atom is -1.00 e. The number of rotatable bonds is 0. The zero-order valence-corrected chi connectivity index (χ0v) is 4.80. The summed E-state index contributed by atoms with van der Waals surface area (Å²) in [6.45, 7) is 0. The first kappa shape index (κ1) is 16.3. The van der Waals surface area contributed by atoms with Crippen molar-refractivity contribution in [1.29, 1.82) is 0 Å². The molecule has 0 spiro atoms. The Hall–Kier alpha value is 0.270. The molecule has 0 saturated carbocycles.